The molecule has 1 atom stereocenters. The van der Waals surface area contributed by atoms with E-state index in [-0.39, 0.29) is 25.2 Å². The predicted molar refractivity (Wildman–Crippen MR) is 279 cm³/mol. The van der Waals surface area contributed by atoms with E-state index in [1.807, 2.05) is 0 Å². The molecular weight excluding hydrogens is 789 g/mol. The summed E-state index contributed by atoms with van der Waals surface area (Å²) in [6, 6.07) is 0. The smallest absolute Gasteiger partial charge is 0.306 e. The van der Waals surface area contributed by atoms with Crippen molar-refractivity contribution in [1.29, 1.82) is 0 Å². The van der Waals surface area contributed by atoms with E-state index >= 15 is 0 Å². The summed E-state index contributed by atoms with van der Waals surface area (Å²) in [7, 11) is 0. The molecule has 0 spiro atoms. The van der Waals surface area contributed by atoms with Crippen LogP contribution in [0, 0.1) is 0 Å². The van der Waals surface area contributed by atoms with E-state index in [2.05, 4.69) is 106 Å². The van der Waals surface area contributed by atoms with E-state index in [4.69, 9.17) is 14.2 Å². The fourth-order valence-corrected chi connectivity index (χ4v) is 7.46. The van der Waals surface area contributed by atoms with Gasteiger partial charge in [-0.3, -0.25) is 9.59 Å². The van der Waals surface area contributed by atoms with E-state index in [9.17, 15) is 9.59 Å². The van der Waals surface area contributed by atoms with Crippen LogP contribution in [-0.4, -0.2) is 37.9 Å². The van der Waals surface area contributed by atoms with Gasteiger partial charge in [0.25, 0.3) is 0 Å². The summed E-state index contributed by atoms with van der Waals surface area (Å²) in [6.07, 6.45) is 71.7. The number of hydrogen-bond acceptors (Lipinski definition) is 5. The van der Waals surface area contributed by atoms with Gasteiger partial charge in [-0.2, -0.15) is 0 Å². The summed E-state index contributed by atoms with van der Waals surface area (Å²) in [5.74, 6) is -0.444. The van der Waals surface area contributed by atoms with Crippen molar-refractivity contribution in [3.8, 4) is 0 Å². The number of rotatable bonds is 49. The van der Waals surface area contributed by atoms with Gasteiger partial charge >= 0.3 is 11.9 Å². The van der Waals surface area contributed by atoms with Gasteiger partial charge in [-0.05, 0) is 89.9 Å². The van der Waals surface area contributed by atoms with Gasteiger partial charge in [-0.15, -0.1) is 0 Å². The van der Waals surface area contributed by atoms with Crippen LogP contribution >= 0.6 is 0 Å². The third kappa shape index (κ3) is 51.7. The maximum atomic E-state index is 12.8. The fourth-order valence-electron chi connectivity index (χ4n) is 7.46. The van der Waals surface area contributed by atoms with E-state index < -0.39 is 6.10 Å². The lowest BCUT2D eigenvalue weighted by atomic mass is 10.0. The van der Waals surface area contributed by atoms with Crippen molar-refractivity contribution in [3.63, 3.8) is 0 Å². The number of esters is 2. The Labute approximate surface area is 397 Å². The van der Waals surface area contributed by atoms with E-state index in [0.29, 0.717) is 19.4 Å². The summed E-state index contributed by atoms with van der Waals surface area (Å²) in [5, 5.41) is 0. The molecule has 0 rings (SSSR count). The number of carbonyl (C=O) groups excluding carboxylic acids is 2. The Morgan fingerprint density at radius 1 is 0.359 bits per heavy atom. The minimum absolute atomic E-state index is 0.0596. The molecule has 5 nitrogen and oxygen atoms in total. The Morgan fingerprint density at radius 2 is 0.703 bits per heavy atom. The highest BCUT2D eigenvalue weighted by atomic mass is 16.6. The normalized spacial score (nSPS) is 12.9. The van der Waals surface area contributed by atoms with Crippen molar-refractivity contribution in [3.05, 3.63) is 85.1 Å². The number of hydrogen-bond donors (Lipinski definition) is 0. The van der Waals surface area contributed by atoms with Crippen LogP contribution in [0.25, 0.3) is 0 Å². The lowest BCUT2D eigenvalue weighted by Crippen LogP contribution is -2.30. The topological polar surface area (TPSA) is 61.8 Å². The van der Waals surface area contributed by atoms with Crippen molar-refractivity contribution >= 4 is 11.9 Å². The average Bonchev–Trinajstić information content (AvgIpc) is 3.30. The highest BCUT2D eigenvalue weighted by molar-refractivity contribution is 5.70. The van der Waals surface area contributed by atoms with Crippen LogP contribution in [0.1, 0.15) is 252 Å². The third-order valence-corrected chi connectivity index (χ3v) is 11.4. The standard InChI is InChI=1S/C59H102O5/c1-4-7-10-13-16-19-22-25-28-29-30-33-36-39-42-45-48-51-54-62-55-57(64-59(61)53-50-47-44-41-38-35-32-27-24-21-18-15-12-9-6-3)56-63-58(60)52-49-46-43-40-37-34-31-26-23-20-17-14-11-8-5-2/h7-8,10-11,16-17,19-20,25-26,28,31,37,40,57H,4-6,9,12-15,18,21-24,27,29-30,32-36,38-39,41-56H2,1-3H3/b10-7-,11-8-,19-16-,20-17-,28-25-,31-26-,40-37-. The van der Waals surface area contributed by atoms with Gasteiger partial charge in [-0.1, -0.05) is 234 Å². The second kappa shape index (κ2) is 54.4. The zero-order valence-corrected chi connectivity index (χ0v) is 42.3. The van der Waals surface area contributed by atoms with Crippen molar-refractivity contribution in [1.82, 2.24) is 0 Å². The van der Waals surface area contributed by atoms with Crippen molar-refractivity contribution in [2.24, 2.45) is 0 Å². The summed E-state index contributed by atoms with van der Waals surface area (Å²) >= 11 is 0. The Morgan fingerprint density at radius 3 is 1.16 bits per heavy atom. The van der Waals surface area contributed by atoms with Crippen LogP contribution in [0.4, 0.5) is 0 Å². The van der Waals surface area contributed by atoms with Gasteiger partial charge in [0.2, 0.25) is 0 Å². The fraction of sp³-hybridized carbons (Fsp3) is 0.729. The molecule has 0 aromatic heterocycles. The molecular formula is C59H102O5. The quantitative estimate of drug-likeness (QED) is 0.0346. The molecule has 0 heterocycles. The van der Waals surface area contributed by atoms with Crippen LogP contribution < -0.4 is 0 Å². The van der Waals surface area contributed by atoms with Crippen LogP contribution in [0.15, 0.2) is 85.1 Å². The van der Waals surface area contributed by atoms with Gasteiger partial charge in [0, 0.05) is 19.4 Å². The van der Waals surface area contributed by atoms with Crippen molar-refractivity contribution < 1.29 is 23.8 Å². The first-order valence-electron chi connectivity index (χ1n) is 27.1. The SMILES string of the molecule is CC/C=C\C/C=C\C/C=C\C/C=C\CCCCC(=O)OCC(COCCCCCCCCCC/C=C\C/C=C\C/C=C\CC)OC(=O)CCCCCCCCCCCCCCCCC. The van der Waals surface area contributed by atoms with Gasteiger partial charge in [0.1, 0.15) is 6.61 Å². The summed E-state index contributed by atoms with van der Waals surface area (Å²) < 4.78 is 17.4. The molecule has 5 heteroatoms. The minimum Gasteiger partial charge on any atom is -0.462 e. The summed E-state index contributed by atoms with van der Waals surface area (Å²) in [5.41, 5.74) is 0. The Bertz CT molecular complexity index is 1190. The molecule has 0 saturated heterocycles. The molecule has 0 amide bonds. The molecule has 0 aromatic rings. The molecule has 0 aliphatic carbocycles. The Hall–Kier alpha value is -2.92. The lowest BCUT2D eigenvalue weighted by molar-refractivity contribution is -0.163. The molecule has 0 saturated carbocycles. The lowest BCUT2D eigenvalue weighted by Gasteiger charge is -2.18. The minimum atomic E-state index is -0.559. The first-order valence-corrected chi connectivity index (χ1v) is 27.1. The molecule has 0 aliphatic heterocycles. The van der Waals surface area contributed by atoms with Gasteiger partial charge < -0.3 is 14.2 Å². The highest BCUT2D eigenvalue weighted by Crippen LogP contribution is 2.15. The van der Waals surface area contributed by atoms with E-state index in [1.54, 1.807) is 0 Å². The average molecular weight is 891 g/mol. The molecule has 368 valence electrons. The number of ether oxygens (including phenoxy) is 3. The van der Waals surface area contributed by atoms with Crippen molar-refractivity contribution in [2.75, 3.05) is 19.8 Å². The Balaban J connectivity index is 4.33. The second-order valence-electron chi connectivity index (χ2n) is 17.7. The first kappa shape index (κ1) is 61.1. The van der Waals surface area contributed by atoms with Crippen LogP contribution in [0.5, 0.6) is 0 Å². The van der Waals surface area contributed by atoms with Crippen molar-refractivity contribution in [2.45, 2.75) is 258 Å². The predicted octanol–water partition coefficient (Wildman–Crippen LogP) is 18.5. The van der Waals surface area contributed by atoms with Gasteiger partial charge in [0.05, 0.1) is 6.61 Å². The molecule has 0 fully saturated rings. The molecule has 0 N–H and O–H groups in total. The summed E-state index contributed by atoms with van der Waals surface area (Å²) in [4.78, 5) is 25.4. The maximum Gasteiger partial charge on any atom is 0.306 e. The molecule has 0 bridgehead atoms. The zero-order valence-electron chi connectivity index (χ0n) is 42.3. The first-order chi connectivity index (χ1) is 31.6. The maximum absolute atomic E-state index is 12.8. The molecule has 0 radical (unpaired) electrons. The van der Waals surface area contributed by atoms with Gasteiger partial charge in [-0.25, -0.2) is 0 Å². The third-order valence-electron chi connectivity index (χ3n) is 11.4. The largest absolute Gasteiger partial charge is 0.462 e. The monoisotopic (exact) mass is 891 g/mol. The molecule has 0 aliphatic rings. The Kier molecular flexibility index (Phi) is 51.9. The van der Waals surface area contributed by atoms with Crippen LogP contribution in [0.2, 0.25) is 0 Å². The number of allylic oxidation sites excluding steroid dienone is 14. The van der Waals surface area contributed by atoms with E-state index in [1.165, 1.54) is 128 Å². The second-order valence-corrected chi connectivity index (χ2v) is 17.7. The highest BCUT2D eigenvalue weighted by Gasteiger charge is 2.17. The van der Waals surface area contributed by atoms with Crippen LogP contribution in [0.3, 0.4) is 0 Å². The number of carbonyl (C=O) groups is 2. The van der Waals surface area contributed by atoms with E-state index in [0.717, 1.165) is 89.9 Å². The summed E-state index contributed by atoms with van der Waals surface area (Å²) in [6.45, 7) is 7.56. The zero-order chi connectivity index (χ0) is 46.3. The number of unbranched alkanes of at least 4 members (excludes halogenated alkanes) is 24. The molecule has 1 unspecified atom stereocenters. The molecule has 0 aromatic carbocycles. The van der Waals surface area contributed by atoms with Crippen LogP contribution in [-0.2, 0) is 23.8 Å². The molecule has 64 heavy (non-hydrogen) atoms. The van der Waals surface area contributed by atoms with Gasteiger partial charge in [0.15, 0.2) is 6.10 Å².